The van der Waals surface area contributed by atoms with Gasteiger partial charge >= 0.3 is 11.7 Å². The van der Waals surface area contributed by atoms with Crippen molar-refractivity contribution < 1.29 is 9.53 Å². The Balaban J connectivity index is 0.000000861. The Labute approximate surface area is 112 Å². The molecule has 1 unspecified atom stereocenters. The van der Waals surface area contributed by atoms with E-state index in [1.54, 1.807) is 6.92 Å². The van der Waals surface area contributed by atoms with Crippen molar-refractivity contribution in [2.24, 2.45) is 5.92 Å². The molecule has 1 aromatic rings. The molecule has 0 aliphatic heterocycles. The minimum Gasteiger partial charge on any atom is -0.466 e. The fourth-order valence-corrected chi connectivity index (χ4v) is 2.13. The van der Waals surface area contributed by atoms with Crippen molar-refractivity contribution in [2.75, 3.05) is 12.3 Å². The number of aryl methyl sites for hydroxylation is 1. The Morgan fingerprint density at radius 3 is 2.84 bits per heavy atom. The predicted octanol–water partition coefficient (Wildman–Crippen LogP) is 1.05. The summed E-state index contributed by atoms with van der Waals surface area (Å²) in [5.41, 5.74) is 6.83. The number of nitrogens with zero attached hydrogens (tertiary/aromatic N) is 1. The Kier molecular flexibility index (Phi) is 5.54. The number of hydrogen-bond acceptors (Lipinski definition) is 5. The van der Waals surface area contributed by atoms with Crippen molar-refractivity contribution in [3.05, 3.63) is 21.7 Å². The molecule has 6 nitrogen and oxygen atoms in total. The van der Waals surface area contributed by atoms with Crippen LogP contribution in [0, 0.1) is 5.92 Å². The van der Waals surface area contributed by atoms with Crippen molar-refractivity contribution in [1.29, 1.82) is 0 Å². The first-order valence-corrected chi connectivity index (χ1v) is 6.66. The zero-order valence-electron chi connectivity index (χ0n) is 11.7. The lowest BCUT2D eigenvalue weighted by Crippen LogP contribution is -2.29. The number of H-pyrrole nitrogens is 1. The topological polar surface area (TPSA) is 98.1 Å². The van der Waals surface area contributed by atoms with Crippen LogP contribution in [0.3, 0.4) is 0 Å². The number of nitrogens with one attached hydrogen (secondary N) is 1. The number of esters is 1. The van der Waals surface area contributed by atoms with Gasteiger partial charge in [-0.05, 0) is 26.2 Å². The molecule has 0 saturated heterocycles. The van der Waals surface area contributed by atoms with E-state index in [2.05, 4.69) is 9.97 Å². The van der Waals surface area contributed by atoms with E-state index in [9.17, 15) is 9.59 Å². The predicted molar refractivity (Wildman–Crippen MR) is 72.8 cm³/mol. The van der Waals surface area contributed by atoms with E-state index in [1.165, 1.54) is 0 Å². The molecule has 0 spiro atoms. The Morgan fingerprint density at radius 1 is 1.53 bits per heavy atom. The van der Waals surface area contributed by atoms with Gasteiger partial charge in [0, 0.05) is 11.3 Å². The summed E-state index contributed by atoms with van der Waals surface area (Å²) in [6, 6.07) is 0. The lowest BCUT2D eigenvalue weighted by molar-refractivity contribution is -0.148. The minimum absolute atomic E-state index is 0.183. The summed E-state index contributed by atoms with van der Waals surface area (Å²) < 4.78 is 4.99. The van der Waals surface area contributed by atoms with Gasteiger partial charge in [-0.15, -0.1) is 0 Å². The first-order chi connectivity index (χ1) is 9.11. The molecule has 106 valence electrons. The molecular weight excluding hydrogens is 246 g/mol. The molecule has 0 fully saturated rings. The standard InChI is InChI=1S/C11H15N3O3.C2H6/c1-2-17-10(15)6-3-4-8-7(5-6)9(12)14-11(16)13-8;1-2/h6H,2-5H2,1H3,(H3,12,13,14,16);1-2H3. The lowest BCUT2D eigenvalue weighted by atomic mass is 9.87. The number of fused-ring (bicyclic) bond motifs is 1. The third-order valence-electron chi connectivity index (χ3n) is 2.97. The SMILES string of the molecule is CC.CCOC(=O)C1CCc2[nH]c(=O)nc(N)c2C1. The molecule has 19 heavy (non-hydrogen) atoms. The van der Waals surface area contributed by atoms with Gasteiger partial charge in [0.15, 0.2) is 0 Å². The summed E-state index contributed by atoms with van der Waals surface area (Å²) in [7, 11) is 0. The van der Waals surface area contributed by atoms with Gasteiger partial charge in [0.05, 0.1) is 12.5 Å². The fraction of sp³-hybridized carbons (Fsp3) is 0.615. The van der Waals surface area contributed by atoms with E-state index in [0.717, 1.165) is 11.3 Å². The molecule has 6 heteroatoms. The van der Waals surface area contributed by atoms with Crippen LogP contribution in [0.1, 0.15) is 38.4 Å². The summed E-state index contributed by atoms with van der Waals surface area (Å²) >= 11 is 0. The number of ether oxygens (including phenoxy) is 1. The number of aromatic nitrogens is 2. The monoisotopic (exact) mass is 267 g/mol. The third-order valence-corrected chi connectivity index (χ3v) is 2.97. The Hall–Kier alpha value is -1.85. The first-order valence-electron chi connectivity index (χ1n) is 6.66. The zero-order valence-corrected chi connectivity index (χ0v) is 11.7. The molecule has 2 rings (SSSR count). The maximum absolute atomic E-state index is 11.6. The van der Waals surface area contributed by atoms with Gasteiger partial charge in [-0.3, -0.25) is 4.79 Å². The van der Waals surface area contributed by atoms with E-state index in [-0.39, 0.29) is 17.7 Å². The summed E-state index contributed by atoms with van der Waals surface area (Å²) in [5.74, 6) is -0.168. The van der Waals surface area contributed by atoms with Crippen LogP contribution in [0.2, 0.25) is 0 Å². The normalized spacial score (nSPS) is 16.9. The molecule has 0 saturated carbocycles. The lowest BCUT2D eigenvalue weighted by Gasteiger charge is -2.23. The van der Waals surface area contributed by atoms with E-state index >= 15 is 0 Å². The van der Waals surface area contributed by atoms with E-state index in [4.69, 9.17) is 10.5 Å². The zero-order chi connectivity index (χ0) is 14.4. The van der Waals surface area contributed by atoms with Gasteiger partial charge in [-0.2, -0.15) is 4.98 Å². The van der Waals surface area contributed by atoms with Crippen LogP contribution in [0.4, 0.5) is 5.82 Å². The second-order valence-electron chi connectivity index (χ2n) is 4.08. The van der Waals surface area contributed by atoms with Crippen LogP contribution >= 0.6 is 0 Å². The van der Waals surface area contributed by atoms with Gasteiger partial charge in [0.1, 0.15) is 5.82 Å². The quantitative estimate of drug-likeness (QED) is 0.780. The van der Waals surface area contributed by atoms with Gasteiger partial charge < -0.3 is 15.5 Å². The average molecular weight is 267 g/mol. The maximum atomic E-state index is 11.6. The Morgan fingerprint density at radius 2 is 2.21 bits per heavy atom. The fourth-order valence-electron chi connectivity index (χ4n) is 2.13. The summed E-state index contributed by atoms with van der Waals surface area (Å²) in [4.78, 5) is 29.1. The molecule has 1 aromatic heterocycles. The number of nitrogen functional groups attached to an aromatic ring is 1. The van der Waals surface area contributed by atoms with Crippen LogP contribution in [0.15, 0.2) is 4.79 Å². The number of carbonyl (C=O) groups is 1. The average Bonchev–Trinajstić information content (AvgIpc) is 2.41. The molecule has 1 heterocycles. The van der Waals surface area contributed by atoms with Crippen molar-refractivity contribution in [1.82, 2.24) is 9.97 Å². The van der Waals surface area contributed by atoms with E-state index in [0.29, 0.717) is 25.9 Å². The van der Waals surface area contributed by atoms with Crippen LogP contribution in [-0.2, 0) is 22.4 Å². The molecule has 0 bridgehead atoms. The highest BCUT2D eigenvalue weighted by Gasteiger charge is 2.28. The number of anilines is 1. The number of rotatable bonds is 2. The van der Waals surface area contributed by atoms with Gasteiger partial charge in [0.25, 0.3) is 0 Å². The second kappa shape index (κ2) is 6.92. The van der Waals surface area contributed by atoms with E-state index < -0.39 is 5.69 Å². The first kappa shape index (κ1) is 15.2. The second-order valence-corrected chi connectivity index (χ2v) is 4.08. The van der Waals surface area contributed by atoms with Crippen molar-refractivity contribution in [3.8, 4) is 0 Å². The highest BCUT2D eigenvalue weighted by molar-refractivity contribution is 5.73. The minimum atomic E-state index is -0.434. The molecule has 0 aromatic carbocycles. The largest absolute Gasteiger partial charge is 0.466 e. The molecule has 0 radical (unpaired) electrons. The molecule has 1 atom stereocenters. The summed E-state index contributed by atoms with van der Waals surface area (Å²) in [6.07, 6.45) is 1.79. The van der Waals surface area contributed by atoms with Crippen molar-refractivity contribution in [3.63, 3.8) is 0 Å². The highest BCUT2D eigenvalue weighted by atomic mass is 16.5. The van der Waals surface area contributed by atoms with E-state index in [1.807, 2.05) is 13.8 Å². The number of aromatic amines is 1. The maximum Gasteiger partial charge on any atom is 0.347 e. The summed E-state index contributed by atoms with van der Waals surface area (Å²) in [6.45, 7) is 6.16. The van der Waals surface area contributed by atoms with Crippen LogP contribution in [0.5, 0.6) is 0 Å². The van der Waals surface area contributed by atoms with Gasteiger partial charge in [-0.1, -0.05) is 13.8 Å². The molecular formula is C13H21N3O3. The molecule has 1 aliphatic carbocycles. The molecule has 1 aliphatic rings. The van der Waals surface area contributed by atoms with Crippen LogP contribution < -0.4 is 11.4 Å². The van der Waals surface area contributed by atoms with Gasteiger partial charge in [-0.25, -0.2) is 4.79 Å². The Bertz CT molecular complexity index is 496. The van der Waals surface area contributed by atoms with Crippen LogP contribution in [0.25, 0.3) is 0 Å². The highest BCUT2D eigenvalue weighted by Crippen LogP contribution is 2.26. The number of nitrogens with two attached hydrogens (primary N) is 1. The third kappa shape index (κ3) is 3.56. The molecule has 0 amide bonds. The van der Waals surface area contributed by atoms with Crippen LogP contribution in [-0.4, -0.2) is 22.5 Å². The van der Waals surface area contributed by atoms with Crippen molar-refractivity contribution >= 4 is 11.8 Å². The number of hydrogen-bond donors (Lipinski definition) is 2. The van der Waals surface area contributed by atoms with Gasteiger partial charge in [0.2, 0.25) is 0 Å². The number of carbonyl (C=O) groups excluding carboxylic acids is 1. The van der Waals surface area contributed by atoms with Crippen molar-refractivity contribution in [2.45, 2.75) is 40.0 Å². The molecule has 3 N–H and O–H groups in total. The smallest absolute Gasteiger partial charge is 0.347 e. The summed E-state index contributed by atoms with van der Waals surface area (Å²) in [5, 5.41) is 0.